The van der Waals surface area contributed by atoms with E-state index in [2.05, 4.69) is 20.5 Å². The average molecular weight is 254 g/mol. The Hall–Kier alpha value is -2.56. The van der Waals surface area contributed by atoms with Gasteiger partial charge in [0.15, 0.2) is 0 Å². The minimum absolute atomic E-state index is 0.135. The van der Waals surface area contributed by atoms with Gasteiger partial charge < -0.3 is 10.3 Å². The lowest BCUT2D eigenvalue weighted by atomic mass is 10.1. The molecule has 0 fully saturated rings. The molecule has 0 atom stereocenters. The molecule has 0 unspecified atom stereocenters. The van der Waals surface area contributed by atoms with Gasteiger partial charge in [0.2, 0.25) is 0 Å². The van der Waals surface area contributed by atoms with Crippen molar-refractivity contribution in [1.29, 1.82) is 0 Å². The number of aryl methyl sites for hydroxylation is 1. The first-order valence-electron chi connectivity index (χ1n) is 6.19. The molecule has 3 aromatic rings. The Balaban J connectivity index is 1.94. The summed E-state index contributed by atoms with van der Waals surface area (Å²) in [5.74, 6) is 0.532. The third kappa shape index (κ3) is 1.99. The zero-order valence-corrected chi connectivity index (χ0v) is 10.5. The molecule has 0 bridgehead atoms. The van der Waals surface area contributed by atoms with Gasteiger partial charge in [-0.05, 0) is 24.6 Å². The van der Waals surface area contributed by atoms with E-state index >= 15 is 0 Å². The van der Waals surface area contributed by atoms with Crippen molar-refractivity contribution >= 4 is 22.6 Å². The van der Waals surface area contributed by atoms with E-state index in [0.29, 0.717) is 11.4 Å². The third-order valence-corrected chi connectivity index (χ3v) is 3.18. The molecule has 1 aromatic carbocycles. The smallest absolute Gasteiger partial charge is 0.257 e. The van der Waals surface area contributed by atoms with Crippen LogP contribution < -0.4 is 5.32 Å². The van der Waals surface area contributed by atoms with Crippen LogP contribution >= 0.6 is 0 Å². The van der Waals surface area contributed by atoms with Crippen LogP contribution in [0.15, 0.2) is 36.7 Å². The zero-order chi connectivity index (χ0) is 13.2. The Kier molecular flexibility index (Phi) is 2.79. The van der Waals surface area contributed by atoms with Gasteiger partial charge in [0, 0.05) is 28.2 Å². The fourth-order valence-electron chi connectivity index (χ4n) is 2.15. The maximum absolute atomic E-state index is 12.3. The Morgan fingerprint density at radius 2 is 2.26 bits per heavy atom. The summed E-state index contributed by atoms with van der Waals surface area (Å²) in [6, 6.07) is 7.52. The molecule has 0 spiro atoms. The van der Waals surface area contributed by atoms with Crippen LogP contribution in [0, 0.1) is 0 Å². The van der Waals surface area contributed by atoms with Crippen molar-refractivity contribution in [2.24, 2.45) is 0 Å². The molecule has 0 saturated carbocycles. The van der Waals surface area contributed by atoms with Crippen molar-refractivity contribution in [1.82, 2.24) is 15.2 Å². The highest BCUT2D eigenvalue weighted by atomic mass is 16.1. The van der Waals surface area contributed by atoms with Crippen LogP contribution in [0.25, 0.3) is 10.9 Å². The molecule has 0 aliphatic carbocycles. The highest BCUT2D eigenvalue weighted by Gasteiger charge is 2.13. The molecule has 96 valence electrons. The fourth-order valence-corrected chi connectivity index (χ4v) is 2.15. The van der Waals surface area contributed by atoms with Crippen molar-refractivity contribution in [3.05, 3.63) is 47.8 Å². The number of hydrogen-bond acceptors (Lipinski definition) is 2. The fraction of sp³-hybridized carbons (Fsp3) is 0.143. The highest BCUT2D eigenvalue weighted by molar-refractivity contribution is 6.12. The van der Waals surface area contributed by atoms with Gasteiger partial charge in [-0.2, -0.15) is 5.10 Å². The molecule has 3 rings (SSSR count). The van der Waals surface area contributed by atoms with E-state index in [0.717, 1.165) is 22.9 Å². The Morgan fingerprint density at radius 3 is 3.11 bits per heavy atom. The second kappa shape index (κ2) is 4.61. The number of aromatic nitrogens is 3. The maximum atomic E-state index is 12.3. The number of hydrogen-bond donors (Lipinski definition) is 3. The van der Waals surface area contributed by atoms with Crippen LogP contribution in [0.2, 0.25) is 0 Å². The maximum Gasteiger partial charge on any atom is 0.257 e. The first-order valence-corrected chi connectivity index (χ1v) is 6.19. The van der Waals surface area contributed by atoms with Gasteiger partial charge >= 0.3 is 0 Å². The van der Waals surface area contributed by atoms with Crippen LogP contribution in [-0.4, -0.2) is 21.1 Å². The summed E-state index contributed by atoms with van der Waals surface area (Å²) < 4.78 is 0. The van der Waals surface area contributed by atoms with E-state index in [1.54, 1.807) is 6.20 Å². The summed E-state index contributed by atoms with van der Waals surface area (Å²) in [7, 11) is 0. The van der Waals surface area contributed by atoms with Gasteiger partial charge in [-0.15, -0.1) is 0 Å². The summed E-state index contributed by atoms with van der Waals surface area (Å²) in [5, 5.41) is 10.5. The van der Waals surface area contributed by atoms with Crippen LogP contribution in [0.5, 0.6) is 0 Å². The van der Waals surface area contributed by atoms with E-state index in [9.17, 15) is 4.79 Å². The number of carbonyl (C=O) groups excluding carboxylic acids is 1. The van der Waals surface area contributed by atoms with Crippen molar-refractivity contribution in [3.8, 4) is 0 Å². The molecule has 5 nitrogen and oxygen atoms in total. The predicted molar refractivity (Wildman–Crippen MR) is 74.2 cm³/mol. The highest BCUT2D eigenvalue weighted by Crippen LogP contribution is 2.19. The molecule has 5 heteroatoms. The number of carbonyl (C=O) groups is 1. The van der Waals surface area contributed by atoms with E-state index in [4.69, 9.17) is 0 Å². The number of amides is 1. The number of fused-ring (bicyclic) bond motifs is 1. The molecular formula is C14H14N4O. The minimum Gasteiger partial charge on any atom is -0.361 e. The molecule has 0 aliphatic rings. The summed E-state index contributed by atoms with van der Waals surface area (Å²) in [6.45, 7) is 2.02. The molecule has 0 radical (unpaired) electrons. The molecule has 19 heavy (non-hydrogen) atoms. The Labute approximate surface area is 110 Å². The lowest BCUT2D eigenvalue weighted by Crippen LogP contribution is -2.13. The first kappa shape index (κ1) is 11.5. The topological polar surface area (TPSA) is 73.6 Å². The molecular weight excluding hydrogens is 240 g/mol. The minimum atomic E-state index is -0.135. The summed E-state index contributed by atoms with van der Waals surface area (Å²) >= 11 is 0. The second-order valence-electron chi connectivity index (χ2n) is 4.32. The van der Waals surface area contributed by atoms with Gasteiger partial charge in [-0.3, -0.25) is 9.89 Å². The summed E-state index contributed by atoms with van der Waals surface area (Å²) in [5.41, 5.74) is 2.60. The summed E-state index contributed by atoms with van der Waals surface area (Å²) in [6.07, 6.45) is 4.38. The normalized spacial score (nSPS) is 10.8. The molecule has 2 aromatic heterocycles. The van der Waals surface area contributed by atoms with E-state index in [1.807, 2.05) is 37.4 Å². The van der Waals surface area contributed by atoms with Crippen molar-refractivity contribution in [3.63, 3.8) is 0 Å². The molecule has 0 saturated heterocycles. The Bertz CT molecular complexity index is 726. The number of benzene rings is 1. The van der Waals surface area contributed by atoms with Gasteiger partial charge in [0.1, 0.15) is 5.82 Å². The lowest BCUT2D eigenvalue weighted by molar-refractivity contribution is 0.102. The number of H-pyrrole nitrogens is 2. The quantitative estimate of drug-likeness (QED) is 0.672. The van der Waals surface area contributed by atoms with Gasteiger partial charge in [-0.1, -0.05) is 13.0 Å². The summed E-state index contributed by atoms with van der Waals surface area (Å²) in [4.78, 5) is 15.4. The SMILES string of the molecule is CCc1cn[nH]c1NC(=O)c1cccc2[nH]ccc12. The number of aromatic amines is 2. The van der Waals surface area contributed by atoms with Crippen LogP contribution in [0.3, 0.4) is 0 Å². The van der Waals surface area contributed by atoms with Gasteiger partial charge in [0.05, 0.1) is 6.20 Å². The number of rotatable bonds is 3. The number of anilines is 1. The monoisotopic (exact) mass is 254 g/mol. The lowest BCUT2D eigenvalue weighted by Gasteiger charge is -2.05. The van der Waals surface area contributed by atoms with Crippen molar-refractivity contribution < 1.29 is 4.79 Å². The average Bonchev–Trinajstić information content (AvgIpc) is 3.05. The van der Waals surface area contributed by atoms with Crippen LogP contribution in [-0.2, 0) is 6.42 Å². The van der Waals surface area contributed by atoms with E-state index < -0.39 is 0 Å². The molecule has 0 aliphatic heterocycles. The number of nitrogens with one attached hydrogen (secondary N) is 3. The molecule has 2 heterocycles. The van der Waals surface area contributed by atoms with Crippen molar-refractivity contribution in [2.75, 3.05) is 5.32 Å². The van der Waals surface area contributed by atoms with E-state index in [-0.39, 0.29) is 5.91 Å². The van der Waals surface area contributed by atoms with Gasteiger partial charge in [0.25, 0.3) is 5.91 Å². The van der Waals surface area contributed by atoms with Gasteiger partial charge in [-0.25, -0.2) is 0 Å². The second-order valence-corrected chi connectivity index (χ2v) is 4.32. The van der Waals surface area contributed by atoms with Crippen LogP contribution in [0.1, 0.15) is 22.8 Å². The number of nitrogens with zero attached hydrogens (tertiary/aromatic N) is 1. The molecule has 1 amide bonds. The Morgan fingerprint density at radius 1 is 1.37 bits per heavy atom. The third-order valence-electron chi connectivity index (χ3n) is 3.18. The van der Waals surface area contributed by atoms with E-state index in [1.165, 1.54) is 0 Å². The van der Waals surface area contributed by atoms with Crippen LogP contribution in [0.4, 0.5) is 5.82 Å². The molecule has 3 N–H and O–H groups in total. The van der Waals surface area contributed by atoms with Crippen molar-refractivity contribution in [2.45, 2.75) is 13.3 Å². The zero-order valence-electron chi connectivity index (χ0n) is 10.5. The standard InChI is InChI=1S/C14H14N4O/c1-2-9-8-16-18-13(9)17-14(19)11-4-3-5-12-10(11)6-7-15-12/h3-8,15H,2H2,1H3,(H2,16,17,18,19). The largest absolute Gasteiger partial charge is 0.361 e. The first-order chi connectivity index (χ1) is 9.29. The predicted octanol–water partition coefficient (Wildman–Crippen LogP) is 2.71.